The van der Waals surface area contributed by atoms with Crippen LogP contribution in [0.15, 0.2) is 61.4 Å². The van der Waals surface area contributed by atoms with Gasteiger partial charge in [-0.25, -0.2) is 33.6 Å². The number of nitrogens with two attached hydrogens (primary N) is 3. The summed E-state index contributed by atoms with van der Waals surface area (Å²) in [4.78, 5) is 87.4. The van der Waals surface area contributed by atoms with E-state index in [4.69, 9.17) is 45.9 Å². The quantitative estimate of drug-likeness (QED) is 0.0158. The van der Waals surface area contributed by atoms with E-state index in [1.807, 2.05) is 27.7 Å². The lowest BCUT2D eigenvalue weighted by atomic mass is 9.96. The van der Waals surface area contributed by atoms with E-state index in [1.54, 1.807) is 41.2 Å². The number of nitrogen functional groups attached to an aromatic ring is 2. The van der Waals surface area contributed by atoms with Crippen LogP contribution in [0.5, 0.6) is 0 Å². The zero-order valence-corrected chi connectivity index (χ0v) is 51.0. The molecule has 0 radical (unpaired) electrons. The molecule has 0 spiro atoms. The molecule has 33 nitrogen and oxygen atoms in total. The second-order valence-corrected chi connectivity index (χ2v) is 25.4. The van der Waals surface area contributed by atoms with Crippen LogP contribution < -0.4 is 17.2 Å². The fourth-order valence-corrected chi connectivity index (χ4v) is 12.9. The van der Waals surface area contributed by atoms with E-state index in [0.29, 0.717) is 62.6 Å². The number of nitro groups is 2. The van der Waals surface area contributed by atoms with E-state index < -0.39 is 89.0 Å². The number of fused-ring (bicyclic) bond motifs is 2. The number of carbonyl (C=O) groups excluding carboxylic acids is 1. The van der Waals surface area contributed by atoms with Crippen molar-refractivity contribution in [3.05, 3.63) is 115 Å². The number of benzene rings is 2. The van der Waals surface area contributed by atoms with Crippen LogP contribution in [0.1, 0.15) is 118 Å². The third kappa shape index (κ3) is 17.9. The average Bonchev–Trinajstić information content (AvgIpc) is 1.72. The van der Waals surface area contributed by atoms with E-state index in [9.17, 15) is 63.8 Å². The van der Waals surface area contributed by atoms with Gasteiger partial charge in [0.15, 0.2) is 0 Å². The first-order chi connectivity index (χ1) is 41.9. The predicted octanol–water partition coefficient (Wildman–Crippen LogP) is 5.33. The van der Waals surface area contributed by atoms with Gasteiger partial charge in [0.25, 0.3) is 11.4 Å². The molecule has 6 heterocycles. The van der Waals surface area contributed by atoms with Gasteiger partial charge in [-0.3, -0.25) is 29.5 Å². The Labute approximate surface area is 507 Å². The van der Waals surface area contributed by atoms with Gasteiger partial charge in [-0.1, -0.05) is 51.4 Å². The number of ether oxygens (including phenoxy) is 4. The molecule has 10 atom stereocenters. The highest BCUT2D eigenvalue weighted by molar-refractivity contribution is 7.66. The first-order valence-electron chi connectivity index (χ1n) is 27.1. The minimum atomic E-state index is -5.75. The zero-order chi connectivity index (χ0) is 65.3. The maximum Gasteiger partial charge on any atom is 0.490 e. The third-order valence-electron chi connectivity index (χ3n) is 13.7. The van der Waals surface area contributed by atoms with Crippen molar-refractivity contribution in [3.8, 4) is 23.7 Å². The summed E-state index contributed by atoms with van der Waals surface area (Å²) in [6.07, 6.45) is -0.423. The fourth-order valence-electron chi connectivity index (χ4n) is 9.83. The van der Waals surface area contributed by atoms with E-state index in [1.165, 1.54) is 36.3 Å². The Bertz CT molecular complexity index is 3860. The Kier molecular flexibility index (Phi) is 23.2. The number of aromatic nitrogens is 6. The largest absolute Gasteiger partial charge is 0.490 e. The summed E-state index contributed by atoms with van der Waals surface area (Å²) in [6.45, 7) is 7.78. The Morgan fingerprint density at radius 2 is 1.19 bits per heavy atom. The fraction of sp³-hybridized carbons (Fsp3) is 0.453. The SMILES string of the molecule is CC(=O)CCC#Cc1ccc([C@H](OCc2cn([C@H]3C[C@@H](O)[C@@H](CO)O3)c3ncnc(N)c23)C(C)C)c([N+](=O)[O-])c1.CC(C)[C@@H](OCc1cn([C@H]2C[C@@H](O)[C@@H](COP(=O)(O)OP(=O)(O)OP(=O)(O)O)O2)c2ncnc(N)c12)c1ccc(C#CCN)cc1[N+](=O)[O-]. The van der Waals surface area contributed by atoms with E-state index in [2.05, 4.69) is 56.8 Å². The molecule has 2 aliphatic rings. The van der Waals surface area contributed by atoms with Crippen molar-refractivity contribution in [2.45, 2.75) is 123 Å². The Balaban J connectivity index is 0.000000259. The predicted molar refractivity (Wildman–Crippen MR) is 314 cm³/mol. The van der Waals surface area contributed by atoms with Gasteiger partial charge >= 0.3 is 23.5 Å². The summed E-state index contributed by atoms with van der Waals surface area (Å²) in [5.74, 6) is 11.2. The van der Waals surface area contributed by atoms with Crippen molar-refractivity contribution < 1.29 is 95.3 Å². The van der Waals surface area contributed by atoms with Crippen LogP contribution in [0.2, 0.25) is 0 Å². The number of rotatable bonds is 24. The molecule has 6 aromatic rings. The molecule has 0 bridgehead atoms. The molecule has 8 rings (SSSR count). The lowest BCUT2D eigenvalue weighted by molar-refractivity contribution is -0.386. The van der Waals surface area contributed by atoms with Crippen LogP contribution in [0, 0.1) is 55.7 Å². The number of ketones is 1. The number of aliphatic hydroxyl groups excluding tert-OH is 3. The van der Waals surface area contributed by atoms with Gasteiger partial charge in [0, 0.05) is 72.5 Å². The van der Waals surface area contributed by atoms with Gasteiger partial charge in [0.05, 0.1) is 89.1 Å². The summed E-state index contributed by atoms with van der Waals surface area (Å²) in [6, 6.07) is 9.33. The maximum absolute atomic E-state index is 12.2. The van der Waals surface area contributed by atoms with Crippen LogP contribution in [0.3, 0.4) is 0 Å². The Morgan fingerprint density at radius 1 is 0.730 bits per heavy atom. The van der Waals surface area contributed by atoms with E-state index >= 15 is 0 Å². The highest BCUT2D eigenvalue weighted by Gasteiger charge is 2.44. The summed E-state index contributed by atoms with van der Waals surface area (Å²) < 4.78 is 74.0. The van der Waals surface area contributed by atoms with Gasteiger partial charge < -0.3 is 80.2 Å². The number of hydrogen-bond donors (Lipinski definition) is 10. The lowest BCUT2D eigenvalue weighted by Crippen LogP contribution is -2.26. The maximum atomic E-state index is 12.2. The number of nitrogens with zero attached hydrogens (tertiary/aromatic N) is 8. The number of phosphoric acid groups is 3. The molecule has 2 saturated heterocycles. The number of hydrogen-bond acceptors (Lipinski definition) is 25. The minimum absolute atomic E-state index is 0.0340. The molecule has 4 aromatic heterocycles. The van der Waals surface area contributed by atoms with Crippen LogP contribution in [0.25, 0.3) is 22.1 Å². The van der Waals surface area contributed by atoms with Crippen LogP contribution in [-0.4, -0.2) is 124 Å². The van der Waals surface area contributed by atoms with Crippen molar-refractivity contribution in [2.75, 3.05) is 31.2 Å². The van der Waals surface area contributed by atoms with Crippen molar-refractivity contribution in [2.24, 2.45) is 17.6 Å². The molecule has 2 unspecified atom stereocenters. The average molecular weight is 1300 g/mol. The highest BCUT2D eigenvalue weighted by atomic mass is 31.3. The Hall–Kier alpha value is -7.04. The van der Waals surface area contributed by atoms with E-state index in [0.717, 1.165) is 0 Å². The van der Waals surface area contributed by atoms with Gasteiger partial charge in [0.2, 0.25) is 0 Å². The molecule has 13 N–H and O–H groups in total. The van der Waals surface area contributed by atoms with Gasteiger partial charge in [-0.15, -0.1) is 0 Å². The summed E-state index contributed by atoms with van der Waals surface area (Å²) >= 11 is 0. The van der Waals surface area contributed by atoms with Crippen molar-refractivity contribution >= 4 is 74.3 Å². The van der Waals surface area contributed by atoms with Gasteiger partial charge in [-0.05, 0) is 43.0 Å². The molecule has 0 amide bonds. The number of nitro benzene ring substituents is 2. The standard InChI is InChI=1S/C28H33N5O7.C25H33N6O15P3/c1-16(2)26(20-9-8-18(10-21(20)33(37)38)7-5-4-6-17(3)35)39-14-19-12-32(24-11-22(36)23(13-34)40-24)28-25(19)27(29)30-15-31-28;1-14(2)23(17-6-5-15(4-3-7-26)8-18(17)31(33)34)42-11-16-10-30(25-22(16)24(27)28-13-29-25)21-9-19(32)20(44-21)12-43-48(38,39)46-49(40,41)45-47(35,36)37/h8-10,12,15-16,22-24,26,34,36H,4,6,11,13-14H2,1-3H3,(H2,29,30,31);5-6,8,10,13-14,19-21,23,32H,7,9,11-12,26H2,1-2H3,(H,38,39)(H,40,41)(H2,27,28,29)(H2,35,36,37)/t22-,23-,24-,26-;19-,20-,21-,23-/m11/s1. The summed E-state index contributed by atoms with van der Waals surface area (Å²) in [5, 5.41) is 55.3. The number of carbonyl (C=O) groups is 1. The molecule has 0 aliphatic carbocycles. The molecular weight excluding hydrogens is 1240 g/mol. The molecule has 480 valence electrons. The minimum Gasteiger partial charge on any atom is -0.394 e. The molecule has 2 fully saturated rings. The van der Waals surface area contributed by atoms with Crippen molar-refractivity contribution in [1.82, 2.24) is 29.1 Å². The van der Waals surface area contributed by atoms with Crippen LogP contribution in [-0.2, 0) is 63.8 Å². The number of phosphoric ester groups is 1. The summed E-state index contributed by atoms with van der Waals surface area (Å²) in [7, 11) is -16.8. The number of anilines is 2. The first-order valence-corrected chi connectivity index (χ1v) is 31.7. The molecule has 2 aliphatic heterocycles. The third-order valence-corrected chi connectivity index (χ3v) is 17.5. The molecule has 36 heteroatoms. The monoisotopic (exact) mass is 1300 g/mol. The number of aliphatic hydroxyl groups is 3. The molecule has 0 saturated carbocycles. The molecule has 2 aromatic carbocycles. The second kappa shape index (κ2) is 29.7. The Morgan fingerprint density at radius 3 is 1.61 bits per heavy atom. The summed E-state index contributed by atoms with van der Waals surface area (Å²) in [5.41, 5.74) is 21.0. The first kappa shape index (κ1) is 69.4. The lowest BCUT2D eigenvalue weighted by Gasteiger charge is -2.22. The van der Waals surface area contributed by atoms with Crippen molar-refractivity contribution in [1.29, 1.82) is 0 Å². The molecule has 89 heavy (non-hydrogen) atoms. The van der Waals surface area contributed by atoms with Crippen LogP contribution in [0.4, 0.5) is 23.0 Å². The zero-order valence-electron chi connectivity index (χ0n) is 48.3. The molecular formula is C53H66N11O22P3. The van der Waals surface area contributed by atoms with Gasteiger partial charge in [-0.2, -0.15) is 8.62 Å². The topological polar surface area (TPSA) is 500 Å². The van der Waals surface area contributed by atoms with Crippen molar-refractivity contribution in [3.63, 3.8) is 0 Å². The second-order valence-electron chi connectivity index (χ2n) is 21.0. The highest BCUT2D eigenvalue weighted by Crippen LogP contribution is 2.66. The van der Waals surface area contributed by atoms with Crippen LogP contribution >= 0.6 is 23.5 Å². The normalized spacial score (nSPS) is 20.4. The van der Waals surface area contributed by atoms with Gasteiger partial charge in [0.1, 0.15) is 66.0 Å². The number of Topliss-reactive ketones (excluding diaryl/α,β-unsaturated/α-hetero) is 1. The smallest absolute Gasteiger partial charge is 0.394 e. The van der Waals surface area contributed by atoms with E-state index in [-0.39, 0.29) is 85.5 Å².